The fraction of sp³-hybridized carbons (Fsp3) is 0.474. The number of hydrogen-bond acceptors (Lipinski definition) is 6. The molecule has 0 saturated carbocycles. The monoisotopic (exact) mass is 341 g/mol. The number of anilines is 1. The van der Waals surface area contributed by atoms with Crippen LogP contribution in [0.15, 0.2) is 35.6 Å². The number of nitrogens with zero attached hydrogens (tertiary/aromatic N) is 4. The third-order valence-corrected chi connectivity index (χ3v) is 4.05. The van der Waals surface area contributed by atoms with E-state index in [-0.39, 0.29) is 0 Å². The first-order chi connectivity index (χ1) is 12.3. The number of hydrazone groups is 1. The van der Waals surface area contributed by atoms with Crippen molar-refractivity contribution in [1.82, 2.24) is 15.1 Å². The SMILES string of the molecule is CCCCCN(CCC=O)CC/C=N\Nc1nncc2ccccc12. The lowest BCUT2D eigenvalue weighted by Gasteiger charge is -2.20. The number of rotatable bonds is 12. The van der Waals surface area contributed by atoms with Crippen LogP contribution in [-0.4, -0.2) is 47.2 Å². The summed E-state index contributed by atoms with van der Waals surface area (Å²) in [5, 5.41) is 14.4. The van der Waals surface area contributed by atoms with Crippen molar-refractivity contribution in [3.63, 3.8) is 0 Å². The zero-order valence-electron chi connectivity index (χ0n) is 14.9. The predicted molar refractivity (Wildman–Crippen MR) is 103 cm³/mol. The van der Waals surface area contributed by atoms with Crippen molar-refractivity contribution >= 4 is 29.1 Å². The Labute approximate surface area is 149 Å². The Morgan fingerprint density at radius 1 is 1.16 bits per heavy atom. The maximum Gasteiger partial charge on any atom is 0.176 e. The van der Waals surface area contributed by atoms with Gasteiger partial charge >= 0.3 is 0 Å². The topological polar surface area (TPSA) is 70.5 Å². The van der Waals surface area contributed by atoms with Gasteiger partial charge in [0.05, 0.1) is 6.20 Å². The largest absolute Gasteiger partial charge is 0.303 e. The molecule has 0 bridgehead atoms. The second-order valence-corrected chi connectivity index (χ2v) is 6.00. The first kappa shape index (κ1) is 19.0. The molecule has 0 fully saturated rings. The number of unbranched alkanes of at least 4 members (excludes halogenated alkanes) is 2. The minimum atomic E-state index is 0.590. The second kappa shape index (κ2) is 11.3. The first-order valence-electron chi connectivity index (χ1n) is 8.99. The molecule has 0 amide bonds. The molecular formula is C19H27N5O. The molecule has 134 valence electrons. The van der Waals surface area contributed by atoms with E-state index in [2.05, 4.69) is 32.5 Å². The molecule has 25 heavy (non-hydrogen) atoms. The highest BCUT2D eigenvalue weighted by molar-refractivity contribution is 5.90. The lowest BCUT2D eigenvalue weighted by Crippen LogP contribution is -2.27. The molecule has 1 aromatic heterocycles. The molecule has 0 unspecified atom stereocenters. The summed E-state index contributed by atoms with van der Waals surface area (Å²) in [7, 11) is 0. The van der Waals surface area contributed by atoms with Crippen LogP contribution in [0.4, 0.5) is 5.82 Å². The van der Waals surface area contributed by atoms with Gasteiger partial charge in [-0.25, -0.2) is 0 Å². The van der Waals surface area contributed by atoms with E-state index < -0.39 is 0 Å². The fourth-order valence-corrected chi connectivity index (χ4v) is 2.68. The van der Waals surface area contributed by atoms with Crippen LogP contribution in [0.25, 0.3) is 10.8 Å². The zero-order valence-corrected chi connectivity index (χ0v) is 14.9. The summed E-state index contributed by atoms with van der Waals surface area (Å²) >= 11 is 0. The maximum atomic E-state index is 10.6. The summed E-state index contributed by atoms with van der Waals surface area (Å²) in [5.74, 6) is 0.662. The molecule has 0 aliphatic rings. The van der Waals surface area contributed by atoms with Gasteiger partial charge in [0, 0.05) is 36.5 Å². The number of carbonyl (C=O) groups excluding carboxylic acids is 1. The Hall–Kier alpha value is -2.34. The second-order valence-electron chi connectivity index (χ2n) is 6.00. The predicted octanol–water partition coefficient (Wildman–Crippen LogP) is 3.50. The number of benzene rings is 1. The van der Waals surface area contributed by atoms with Crippen LogP contribution in [0, 0.1) is 0 Å². The molecule has 6 nitrogen and oxygen atoms in total. The molecule has 0 saturated heterocycles. The summed E-state index contributed by atoms with van der Waals surface area (Å²) in [4.78, 5) is 12.9. The quantitative estimate of drug-likeness (QED) is 0.277. The third kappa shape index (κ3) is 6.58. The lowest BCUT2D eigenvalue weighted by molar-refractivity contribution is -0.108. The van der Waals surface area contributed by atoms with Gasteiger partial charge in [-0.2, -0.15) is 10.2 Å². The van der Waals surface area contributed by atoms with Gasteiger partial charge in [0.2, 0.25) is 0 Å². The van der Waals surface area contributed by atoms with E-state index in [4.69, 9.17) is 0 Å². The minimum Gasteiger partial charge on any atom is -0.303 e. The number of nitrogens with one attached hydrogen (secondary N) is 1. The molecule has 0 aliphatic carbocycles. The Morgan fingerprint density at radius 3 is 2.84 bits per heavy atom. The van der Waals surface area contributed by atoms with Gasteiger partial charge in [-0.15, -0.1) is 5.10 Å². The van der Waals surface area contributed by atoms with Gasteiger partial charge in [-0.1, -0.05) is 44.0 Å². The Bertz CT molecular complexity index is 668. The molecule has 0 atom stereocenters. The van der Waals surface area contributed by atoms with Crippen LogP contribution in [0.2, 0.25) is 0 Å². The molecular weight excluding hydrogens is 314 g/mol. The maximum absolute atomic E-state index is 10.6. The molecule has 1 heterocycles. The van der Waals surface area contributed by atoms with Crippen molar-refractivity contribution in [1.29, 1.82) is 0 Å². The zero-order chi connectivity index (χ0) is 17.7. The van der Waals surface area contributed by atoms with Crippen LogP contribution < -0.4 is 5.43 Å². The highest BCUT2D eigenvalue weighted by Crippen LogP contribution is 2.18. The Balaban J connectivity index is 1.81. The normalized spacial score (nSPS) is 11.4. The van der Waals surface area contributed by atoms with Crippen molar-refractivity contribution in [3.8, 4) is 0 Å². The van der Waals surface area contributed by atoms with Gasteiger partial charge in [-0.3, -0.25) is 5.43 Å². The van der Waals surface area contributed by atoms with Gasteiger partial charge in [0.1, 0.15) is 6.29 Å². The number of hydrogen-bond donors (Lipinski definition) is 1. The fourth-order valence-electron chi connectivity index (χ4n) is 2.68. The summed E-state index contributed by atoms with van der Waals surface area (Å²) in [6.07, 6.45) is 9.62. The molecule has 6 heteroatoms. The first-order valence-corrected chi connectivity index (χ1v) is 8.99. The van der Waals surface area contributed by atoms with E-state index in [9.17, 15) is 4.79 Å². The van der Waals surface area contributed by atoms with E-state index in [0.29, 0.717) is 12.2 Å². The summed E-state index contributed by atoms with van der Waals surface area (Å²) < 4.78 is 0. The average molecular weight is 341 g/mol. The summed E-state index contributed by atoms with van der Waals surface area (Å²) in [5.41, 5.74) is 2.98. The Morgan fingerprint density at radius 2 is 2.00 bits per heavy atom. The molecule has 2 rings (SSSR count). The van der Waals surface area contributed by atoms with Crippen LogP contribution in [0.3, 0.4) is 0 Å². The van der Waals surface area contributed by atoms with E-state index in [1.165, 1.54) is 19.3 Å². The van der Waals surface area contributed by atoms with Crippen LogP contribution >= 0.6 is 0 Å². The lowest BCUT2D eigenvalue weighted by atomic mass is 10.2. The standard InChI is InChI=1S/C19H27N5O/c1-2-3-6-12-24(14-8-15-25)13-7-11-20-22-19-18-10-5-4-9-17(18)16-21-23-19/h4-5,9-11,15-16H,2-3,6-8,12-14H2,1H3,(H,22,23)/b20-11-. The van der Waals surface area contributed by atoms with Crippen molar-refractivity contribution < 1.29 is 4.79 Å². The smallest absolute Gasteiger partial charge is 0.176 e. The summed E-state index contributed by atoms with van der Waals surface area (Å²) in [6, 6.07) is 7.94. The highest BCUT2D eigenvalue weighted by Gasteiger charge is 2.03. The van der Waals surface area contributed by atoms with Gasteiger partial charge in [0.25, 0.3) is 0 Å². The van der Waals surface area contributed by atoms with Gasteiger partial charge in [0.15, 0.2) is 5.82 Å². The third-order valence-electron chi connectivity index (χ3n) is 4.05. The van der Waals surface area contributed by atoms with E-state index in [1.807, 2.05) is 30.5 Å². The van der Waals surface area contributed by atoms with Crippen LogP contribution in [0.1, 0.15) is 39.0 Å². The van der Waals surface area contributed by atoms with E-state index in [1.54, 1.807) is 6.20 Å². The molecule has 0 radical (unpaired) electrons. The number of carbonyl (C=O) groups is 1. The van der Waals surface area contributed by atoms with Crippen molar-refractivity contribution in [2.24, 2.45) is 5.10 Å². The molecule has 1 aromatic carbocycles. The van der Waals surface area contributed by atoms with Gasteiger partial charge in [-0.05, 0) is 19.4 Å². The van der Waals surface area contributed by atoms with Crippen LogP contribution in [-0.2, 0) is 4.79 Å². The minimum absolute atomic E-state index is 0.590. The summed E-state index contributed by atoms with van der Waals surface area (Å²) in [6.45, 7) is 4.97. The highest BCUT2D eigenvalue weighted by atomic mass is 16.1. The van der Waals surface area contributed by atoms with Crippen LogP contribution in [0.5, 0.6) is 0 Å². The van der Waals surface area contributed by atoms with Gasteiger partial charge < -0.3 is 9.69 Å². The molecule has 1 N–H and O–H groups in total. The number of aromatic nitrogens is 2. The molecule has 0 spiro atoms. The Kier molecular flexibility index (Phi) is 8.55. The van der Waals surface area contributed by atoms with E-state index >= 15 is 0 Å². The molecule has 2 aromatic rings. The average Bonchev–Trinajstić information content (AvgIpc) is 2.65. The van der Waals surface area contributed by atoms with E-state index in [0.717, 1.165) is 43.1 Å². The molecule has 0 aliphatic heterocycles. The van der Waals surface area contributed by atoms with Crippen molar-refractivity contribution in [2.75, 3.05) is 25.1 Å². The van der Waals surface area contributed by atoms with Crippen molar-refractivity contribution in [2.45, 2.75) is 39.0 Å². The number of fused-ring (bicyclic) bond motifs is 1. The number of aldehydes is 1. The van der Waals surface area contributed by atoms with Crippen molar-refractivity contribution in [3.05, 3.63) is 30.5 Å².